The number of rotatable bonds is 3. The van der Waals surface area contributed by atoms with E-state index in [-0.39, 0.29) is 5.82 Å². The number of fused-ring (bicyclic) bond motifs is 1. The number of pyridine rings is 2. The first-order valence-electron chi connectivity index (χ1n) is 8.24. The van der Waals surface area contributed by atoms with Gasteiger partial charge in [0.15, 0.2) is 5.82 Å². The number of anilines is 2. The van der Waals surface area contributed by atoms with Gasteiger partial charge in [-0.05, 0) is 30.2 Å². The molecule has 0 amide bonds. The van der Waals surface area contributed by atoms with Crippen LogP contribution in [0.4, 0.5) is 15.9 Å². The molecule has 1 aliphatic rings. The maximum atomic E-state index is 14.5. The fraction of sp³-hybridized carbons (Fsp3) is 0.200. The van der Waals surface area contributed by atoms with Crippen LogP contribution in [0.3, 0.4) is 0 Å². The van der Waals surface area contributed by atoms with Crippen molar-refractivity contribution in [3.63, 3.8) is 0 Å². The third-order valence-electron chi connectivity index (χ3n) is 4.53. The van der Waals surface area contributed by atoms with E-state index in [9.17, 15) is 4.39 Å². The molecule has 1 aliphatic heterocycles. The zero-order valence-electron chi connectivity index (χ0n) is 14.3. The van der Waals surface area contributed by atoms with E-state index < -0.39 is 0 Å². The number of hydrogen-bond acceptors (Lipinski definition) is 4. The van der Waals surface area contributed by atoms with Crippen molar-refractivity contribution in [3.05, 3.63) is 71.9 Å². The molecule has 0 saturated heterocycles. The molecular formula is C20H19FN4. The number of nitrogens with zero attached hydrogens (tertiary/aromatic N) is 4. The zero-order chi connectivity index (χ0) is 17.4. The molecule has 0 atom stereocenters. The highest BCUT2D eigenvalue weighted by atomic mass is 19.1. The first kappa shape index (κ1) is 15.6. The molecule has 0 saturated carbocycles. The molecule has 0 unspecified atom stereocenters. The lowest BCUT2D eigenvalue weighted by atomic mass is 10.0. The Labute approximate surface area is 146 Å². The standard InChI is InChI=1S/C20H19FN4/c1-14-5-3-7-17(19(14)21)16-9-18-20(23-11-16)24(2)13-25(18)12-15-6-4-8-22-10-15/h3-11H,12-13H2,1-2H3. The summed E-state index contributed by atoms with van der Waals surface area (Å²) in [4.78, 5) is 13.1. The summed E-state index contributed by atoms with van der Waals surface area (Å²) in [6.45, 7) is 3.27. The zero-order valence-corrected chi connectivity index (χ0v) is 14.3. The number of benzene rings is 1. The number of aryl methyl sites for hydroxylation is 1. The van der Waals surface area contributed by atoms with Gasteiger partial charge >= 0.3 is 0 Å². The average Bonchev–Trinajstić information content (AvgIpc) is 2.93. The van der Waals surface area contributed by atoms with Crippen LogP contribution in [0.15, 0.2) is 55.0 Å². The van der Waals surface area contributed by atoms with Crippen LogP contribution in [-0.2, 0) is 6.54 Å². The van der Waals surface area contributed by atoms with Crippen LogP contribution in [0.2, 0.25) is 0 Å². The van der Waals surface area contributed by atoms with Gasteiger partial charge in [-0.1, -0.05) is 24.3 Å². The molecule has 0 spiro atoms. The molecule has 0 N–H and O–H groups in total. The van der Waals surface area contributed by atoms with Gasteiger partial charge in [0, 0.05) is 43.3 Å². The van der Waals surface area contributed by atoms with Crippen LogP contribution < -0.4 is 9.80 Å². The Morgan fingerprint density at radius 3 is 2.84 bits per heavy atom. The Bertz CT molecular complexity index is 911. The fourth-order valence-electron chi connectivity index (χ4n) is 3.24. The minimum Gasteiger partial charge on any atom is -0.346 e. The second kappa shape index (κ2) is 6.16. The van der Waals surface area contributed by atoms with E-state index in [0.29, 0.717) is 11.1 Å². The molecular weight excluding hydrogens is 315 g/mol. The maximum absolute atomic E-state index is 14.5. The molecule has 0 fully saturated rings. The van der Waals surface area contributed by atoms with Gasteiger partial charge in [-0.2, -0.15) is 0 Å². The Balaban J connectivity index is 1.73. The molecule has 0 aliphatic carbocycles. The van der Waals surface area contributed by atoms with Crippen molar-refractivity contribution in [1.29, 1.82) is 0 Å². The van der Waals surface area contributed by atoms with Crippen molar-refractivity contribution >= 4 is 11.5 Å². The van der Waals surface area contributed by atoms with E-state index in [1.807, 2.05) is 31.4 Å². The summed E-state index contributed by atoms with van der Waals surface area (Å²) in [5, 5.41) is 0. The van der Waals surface area contributed by atoms with Gasteiger partial charge in [-0.25, -0.2) is 9.37 Å². The van der Waals surface area contributed by atoms with E-state index in [2.05, 4.69) is 25.8 Å². The van der Waals surface area contributed by atoms with Crippen LogP contribution in [0, 0.1) is 12.7 Å². The lowest BCUT2D eigenvalue weighted by Gasteiger charge is -2.19. The highest BCUT2D eigenvalue weighted by molar-refractivity contribution is 5.78. The predicted molar refractivity (Wildman–Crippen MR) is 98.1 cm³/mol. The molecule has 4 nitrogen and oxygen atoms in total. The van der Waals surface area contributed by atoms with Crippen LogP contribution in [0.5, 0.6) is 0 Å². The quantitative estimate of drug-likeness (QED) is 0.724. The lowest BCUT2D eigenvalue weighted by molar-refractivity contribution is 0.622. The molecule has 3 heterocycles. The van der Waals surface area contributed by atoms with Crippen molar-refractivity contribution < 1.29 is 4.39 Å². The fourth-order valence-corrected chi connectivity index (χ4v) is 3.24. The van der Waals surface area contributed by atoms with Crippen LogP contribution in [-0.4, -0.2) is 23.7 Å². The van der Waals surface area contributed by atoms with Gasteiger partial charge in [0.25, 0.3) is 0 Å². The normalized spacial score (nSPS) is 13.2. The molecule has 3 aromatic rings. The minimum absolute atomic E-state index is 0.186. The summed E-state index contributed by atoms with van der Waals surface area (Å²) in [6, 6.07) is 11.5. The van der Waals surface area contributed by atoms with Gasteiger partial charge in [0.2, 0.25) is 0 Å². The number of aromatic nitrogens is 2. The predicted octanol–water partition coefficient (Wildman–Crippen LogP) is 4.01. The third kappa shape index (κ3) is 2.82. The number of hydrogen-bond donors (Lipinski definition) is 0. The number of halogens is 1. The van der Waals surface area contributed by atoms with Gasteiger partial charge in [-0.15, -0.1) is 0 Å². The lowest BCUT2D eigenvalue weighted by Crippen LogP contribution is -2.27. The van der Waals surface area contributed by atoms with Crippen molar-refractivity contribution in [3.8, 4) is 11.1 Å². The van der Waals surface area contributed by atoms with E-state index in [1.165, 1.54) is 0 Å². The van der Waals surface area contributed by atoms with Gasteiger partial charge in [0.1, 0.15) is 5.82 Å². The van der Waals surface area contributed by atoms with Crippen LogP contribution in [0.25, 0.3) is 11.1 Å². The summed E-state index contributed by atoms with van der Waals surface area (Å²) in [5.74, 6) is 0.732. The summed E-state index contributed by atoms with van der Waals surface area (Å²) in [7, 11) is 2.02. The highest BCUT2D eigenvalue weighted by Crippen LogP contribution is 2.37. The topological polar surface area (TPSA) is 32.3 Å². The smallest absolute Gasteiger partial charge is 0.153 e. The second-order valence-corrected chi connectivity index (χ2v) is 6.40. The Kier molecular flexibility index (Phi) is 3.84. The van der Waals surface area contributed by atoms with Gasteiger partial charge in [-0.3, -0.25) is 4.98 Å². The molecule has 2 aromatic heterocycles. The van der Waals surface area contributed by atoms with Crippen molar-refractivity contribution in [2.75, 3.05) is 23.5 Å². The Morgan fingerprint density at radius 1 is 1.16 bits per heavy atom. The van der Waals surface area contributed by atoms with E-state index >= 15 is 0 Å². The first-order valence-corrected chi connectivity index (χ1v) is 8.24. The third-order valence-corrected chi connectivity index (χ3v) is 4.53. The highest BCUT2D eigenvalue weighted by Gasteiger charge is 2.25. The first-order chi connectivity index (χ1) is 12.1. The average molecular weight is 334 g/mol. The summed E-state index contributed by atoms with van der Waals surface area (Å²) in [5.41, 5.74) is 4.18. The van der Waals surface area contributed by atoms with Crippen molar-refractivity contribution in [2.24, 2.45) is 0 Å². The molecule has 25 heavy (non-hydrogen) atoms. The SMILES string of the molecule is Cc1cccc(-c2cnc3c(c2)N(Cc2cccnc2)CN3C)c1F. The van der Waals surface area contributed by atoms with E-state index in [0.717, 1.165) is 35.8 Å². The van der Waals surface area contributed by atoms with Gasteiger partial charge < -0.3 is 9.80 Å². The molecule has 1 aromatic carbocycles. The van der Waals surface area contributed by atoms with E-state index in [1.54, 1.807) is 31.5 Å². The largest absolute Gasteiger partial charge is 0.346 e. The molecule has 0 bridgehead atoms. The Hall–Kier alpha value is -2.95. The van der Waals surface area contributed by atoms with Crippen molar-refractivity contribution in [1.82, 2.24) is 9.97 Å². The van der Waals surface area contributed by atoms with E-state index in [4.69, 9.17) is 0 Å². The molecule has 5 heteroatoms. The van der Waals surface area contributed by atoms with Crippen molar-refractivity contribution in [2.45, 2.75) is 13.5 Å². The Morgan fingerprint density at radius 2 is 2.04 bits per heavy atom. The molecule has 126 valence electrons. The van der Waals surface area contributed by atoms with Crippen LogP contribution in [0.1, 0.15) is 11.1 Å². The summed E-state index contributed by atoms with van der Waals surface area (Å²) in [6.07, 6.45) is 5.39. The minimum atomic E-state index is -0.186. The maximum Gasteiger partial charge on any atom is 0.153 e. The molecule has 4 rings (SSSR count). The summed E-state index contributed by atoms with van der Waals surface area (Å²) < 4.78 is 14.5. The molecule has 0 radical (unpaired) electrons. The monoisotopic (exact) mass is 334 g/mol. The summed E-state index contributed by atoms with van der Waals surface area (Å²) >= 11 is 0. The van der Waals surface area contributed by atoms with Gasteiger partial charge in [0.05, 0.1) is 12.4 Å². The van der Waals surface area contributed by atoms with Crippen LogP contribution >= 0.6 is 0 Å². The second-order valence-electron chi connectivity index (χ2n) is 6.40.